The topological polar surface area (TPSA) is 73.3 Å². The third kappa shape index (κ3) is 1.66. The molecule has 0 aliphatic heterocycles. The van der Waals surface area contributed by atoms with Gasteiger partial charge in [-0.25, -0.2) is 4.39 Å². The van der Waals surface area contributed by atoms with Gasteiger partial charge in [-0.3, -0.25) is 4.68 Å². The van der Waals surface area contributed by atoms with Gasteiger partial charge in [0.05, 0.1) is 13.3 Å². The van der Waals surface area contributed by atoms with E-state index in [2.05, 4.69) is 5.10 Å². The molecule has 2 rings (SSSR count). The maximum Gasteiger partial charge on any atom is 0.195 e. The molecule has 0 spiro atoms. The van der Waals surface area contributed by atoms with Crippen LogP contribution < -0.4 is 10.5 Å². The number of methoxy groups -OCH3 is 1. The highest BCUT2D eigenvalue weighted by molar-refractivity contribution is 5.77. The number of aryl methyl sites for hydroxylation is 2. The van der Waals surface area contributed by atoms with Crippen LogP contribution in [-0.2, 0) is 7.05 Å². The molecule has 0 fully saturated rings. The summed E-state index contributed by atoms with van der Waals surface area (Å²) in [5.74, 6) is -0.829. The number of rotatable bonds is 2. The van der Waals surface area contributed by atoms with Gasteiger partial charge in [0.25, 0.3) is 0 Å². The second kappa shape index (κ2) is 4.21. The first-order valence-electron chi connectivity index (χ1n) is 5.31. The normalized spacial score (nSPS) is 10.7. The van der Waals surface area contributed by atoms with E-state index in [1.165, 1.54) is 18.0 Å². The molecule has 2 aromatic rings. The van der Waals surface area contributed by atoms with Gasteiger partial charge in [0, 0.05) is 18.2 Å². The Balaban J connectivity index is 2.70. The highest BCUT2D eigenvalue weighted by Crippen LogP contribution is 2.40. The highest BCUT2D eigenvalue weighted by Gasteiger charge is 2.20. The minimum Gasteiger partial charge on any atom is -0.502 e. The summed E-state index contributed by atoms with van der Waals surface area (Å²) in [6.45, 7) is 1.72. The van der Waals surface area contributed by atoms with Crippen LogP contribution in [0.4, 0.5) is 10.2 Å². The molecule has 6 heteroatoms. The maximum absolute atomic E-state index is 14.1. The van der Waals surface area contributed by atoms with Crippen molar-refractivity contribution < 1.29 is 14.2 Å². The van der Waals surface area contributed by atoms with Crippen LogP contribution in [0, 0.1) is 12.7 Å². The molecule has 1 aromatic carbocycles. The fourth-order valence-electron chi connectivity index (χ4n) is 1.87. The fraction of sp³-hybridized carbons (Fsp3) is 0.250. The van der Waals surface area contributed by atoms with Gasteiger partial charge in [0.1, 0.15) is 5.82 Å². The van der Waals surface area contributed by atoms with Gasteiger partial charge >= 0.3 is 0 Å². The zero-order valence-electron chi connectivity index (χ0n) is 10.4. The van der Waals surface area contributed by atoms with Crippen LogP contribution in [0.15, 0.2) is 12.3 Å². The number of aromatic nitrogens is 2. The molecule has 0 atom stereocenters. The van der Waals surface area contributed by atoms with Gasteiger partial charge in [-0.05, 0) is 18.6 Å². The fourth-order valence-corrected chi connectivity index (χ4v) is 1.87. The van der Waals surface area contributed by atoms with Gasteiger partial charge in [0.15, 0.2) is 17.3 Å². The summed E-state index contributed by atoms with van der Waals surface area (Å²) < 4.78 is 20.5. The SMILES string of the molecule is COc1c(C)cc(-c2cnn(C)c2N)c(F)c1O. The lowest BCUT2D eigenvalue weighted by Crippen LogP contribution is -1.99. The Kier molecular flexibility index (Phi) is 2.86. The average molecular weight is 251 g/mol. The van der Waals surface area contributed by atoms with Crippen molar-refractivity contribution in [3.63, 3.8) is 0 Å². The molecule has 1 heterocycles. The van der Waals surface area contributed by atoms with Crippen molar-refractivity contribution >= 4 is 5.82 Å². The summed E-state index contributed by atoms with van der Waals surface area (Å²) in [5, 5.41) is 13.7. The average Bonchev–Trinajstić information content (AvgIpc) is 2.66. The molecular weight excluding hydrogens is 237 g/mol. The highest BCUT2D eigenvalue weighted by atomic mass is 19.1. The van der Waals surface area contributed by atoms with Gasteiger partial charge in [-0.2, -0.15) is 5.10 Å². The first kappa shape index (κ1) is 12.2. The van der Waals surface area contributed by atoms with Crippen molar-refractivity contribution in [2.75, 3.05) is 12.8 Å². The number of benzene rings is 1. The van der Waals surface area contributed by atoms with Crippen molar-refractivity contribution in [3.8, 4) is 22.6 Å². The molecule has 0 aliphatic rings. The van der Waals surface area contributed by atoms with Crippen LogP contribution in [0.25, 0.3) is 11.1 Å². The van der Waals surface area contributed by atoms with Gasteiger partial charge in [0.2, 0.25) is 0 Å². The monoisotopic (exact) mass is 251 g/mol. The van der Waals surface area contributed by atoms with Crippen molar-refractivity contribution in [1.82, 2.24) is 9.78 Å². The first-order valence-corrected chi connectivity index (χ1v) is 5.31. The molecule has 5 nitrogen and oxygen atoms in total. The number of hydrogen-bond acceptors (Lipinski definition) is 4. The number of anilines is 1. The summed E-state index contributed by atoms with van der Waals surface area (Å²) in [4.78, 5) is 0. The molecular formula is C12H14FN3O2. The first-order chi connectivity index (χ1) is 8.47. The molecule has 0 bridgehead atoms. The number of nitrogens with two attached hydrogens (primary N) is 1. The molecule has 0 radical (unpaired) electrons. The van der Waals surface area contributed by atoms with Crippen molar-refractivity contribution in [3.05, 3.63) is 23.6 Å². The molecule has 18 heavy (non-hydrogen) atoms. The van der Waals surface area contributed by atoms with E-state index >= 15 is 0 Å². The molecule has 0 unspecified atom stereocenters. The second-order valence-corrected chi connectivity index (χ2v) is 4.00. The Morgan fingerprint density at radius 2 is 2.11 bits per heavy atom. The van der Waals surface area contributed by atoms with Crippen molar-refractivity contribution in [2.45, 2.75) is 6.92 Å². The van der Waals surface area contributed by atoms with Crippen LogP contribution in [0.5, 0.6) is 11.5 Å². The van der Waals surface area contributed by atoms with E-state index in [0.717, 1.165) is 0 Å². The summed E-state index contributed by atoms with van der Waals surface area (Å²) in [6.07, 6.45) is 1.46. The van der Waals surface area contributed by atoms with Gasteiger partial charge < -0.3 is 15.6 Å². The lowest BCUT2D eigenvalue weighted by atomic mass is 10.0. The number of phenols is 1. The smallest absolute Gasteiger partial charge is 0.195 e. The number of aromatic hydroxyl groups is 1. The van der Waals surface area contributed by atoms with Crippen LogP contribution in [0.2, 0.25) is 0 Å². The quantitative estimate of drug-likeness (QED) is 0.854. The molecule has 0 aliphatic carbocycles. The molecule has 0 saturated heterocycles. The van der Waals surface area contributed by atoms with Crippen LogP contribution in [0.1, 0.15) is 5.56 Å². The Labute approximate surface area is 104 Å². The molecule has 1 aromatic heterocycles. The van der Waals surface area contributed by atoms with E-state index < -0.39 is 11.6 Å². The van der Waals surface area contributed by atoms with E-state index in [9.17, 15) is 9.50 Å². The number of ether oxygens (including phenoxy) is 1. The summed E-state index contributed by atoms with van der Waals surface area (Å²) >= 11 is 0. The van der Waals surface area contributed by atoms with E-state index in [0.29, 0.717) is 16.9 Å². The molecule has 96 valence electrons. The zero-order chi connectivity index (χ0) is 13.4. The lowest BCUT2D eigenvalue weighted by Gasteiger charge is -2.11. The minimum absolute atomic E-state index is 0.124. The third-order valence-electron chi connectivity index (χ3n) is 2.86. The second-order valence-electron chi connectivity index (χ2n) is 4.00. The van der Waals surface area contributed by atoms with Crippen LogP contribution >= 0.6 is 0 Å². The van der Waals surface area contributed by atoms with Gasteiger partial charge in [-0.1, -0.05) is 0 Å². The standard InChI is InChI=1S/C12H14FN3O2/c1-6-4-7(8-5-15-16(2)12(8)14)9(13)10(17)11(6)18-3/h4-5,17H,14H2,1-3H3. The van der Waals surface area contributed by atoms with Gasteiger partial charge in [-0.15, -0.1) is 0 Å². The molecule has 3 N–H and O–H groups in total. The van der Waals surface area contributed by atoms with Crippen molar-refractivity contribution in [1.29, 1.82) is 0 Å². The predicted molar refractivity (Wildman–Crippen MR) is 66.0 cm³/mol. The number of hydrogen-bond donors (Lipinski definition) is 2. The lowest BCUT2D eigenvalue weighted by molar-refractivity contribution is 0.355. The van der Waals surface area contributed by atoms with Crippen LogP contribution in [-0.4, -0.2) is 22.0 Å². The summed E-state index contributed by atoms with van der Waals surface area (Å²) in [5.41, 5.74) is 7.06. The summed E-state index contributed by atoms with van der Waals surface area (Å²) in [7, 11) is 3.03. The zero-order valence-corrected chi connectivity index (χ0v) is 10.4. The molecule has 0 saturated carbocycles. The van der Waals surface area contributed by atoms with Crippen molar-refractivity contribution in [2.24, 2.45) is 7.05 Å². The molecule has 0 amide bonds. The van der Waals surface area contributed by atoms with Crippen LogP contribution in [0.3, 0.4) is 0 Å². The predicted octanol–water partition coefficient (Wildman–Crippen LogP) is 1.83. The maximum atomic E-state index is 14.1. The van der Waals surface area contributed by atoms with E-state index in [1.54, 1.807) is 20.0 Å². The Morgan fingerprint density at radius 1 is 1.44 bits per heavy atom. The number of halogens is 1. The minimum atomic E-state index is -0.767. The van der Waals surface area contributed by atoms with E-state index in [-0.39, 0.29) is 11.3 Å². The number of phenolic OH excluding ortho intramolecular Hbond substituents is 1. The number of nitrogens with zero attached hydrogens (tertiary/aromatic N) is 2. The van der Waals surface area contributed by atoms with E-state index in [4.69, 9.17) is 10.5 Å². The largest absolute Gasteiger partial charge is 0.502 e. The number of nitrogen functional groups attached to an aromatic ring is 1. The Bertz CT molecular complexity index is 608. The van der Waals surface area contributed by atoms with E-state index in [1.807, 2.05) is 0 Å². The Morgan fingerprint density at radius 3 is 2.61 bits per heavy atom. The Hall–Kier alpha value is -2.24. The third-order valence-corrected chi connectivity index (χ3v) is 2.86. The summed E-state index contributed by atoms with van der Waals surface area (Å²) in [6, 6.07) is 1.57.